The van der Waals surface area contributed by atoms with Crippen LogP contribution in [0.25, 0.3) is 0 Å². The number of nitrogens with zero attached hydrogens (tertiary/aromatic N) is 2. The molecule has 0 amide bonds. The van der Waals surface area contributed by atoms with Crippen molar-refractivity contribution in [2.24, 2.45) is 0 Å². The second kappa shape index (κ2) is 7.25. The van der Waals surface area contributed by atoms with Gasteiger partial charge in [-0.2, -0.15) is 4.31 Å². The minimum atomic E-state index is -3.67. The van der Waals surface area contributed by atoms with E-state index >= 15 is 0 Å². The van der Waals surface area contributed by atoms with Gasteiger partial charge in [-0.1, -0.05) is 18.2 Å². The van der Waals surface area contributed by atoms with Gasteiger partial charge in [0.15, 0.2) is 6.29 Å². The maximum absolute atomic E-state index is 12.8. The second-order valence-electron chi connectivity index (χ2n) is 5.74. The van der Waals surface area contributed by atoms with Gasteiger partial charge in [0.25, 0.3) is 0 Å². The summed E-state index contributed by atoms with van der Waals surface area (Å²) < 4.78 is 32.2. The fraction of sp³-hybridized carbons (Fsp3) is 0.278. The maximum Gasteiger partial charge on any atom is 0.243 e. The zero-order valence-corrected chi connectivity index (χ0v) is 14.8. The van der Waals surface area contributed by atoms with Crippen LogP contribution in [-0.2, 0) is 10.0 Å². The summed E-state index contributed by atoms with van der Waals surface area (Å²) in [7, 11) is -2.04. The smallest absolute Gasteiger partial charge is 0.243 e. The highest BCUT2D eigenvalue weighted by molar-refractivity contribution is 7.89. The van der Waals surface area contributed by atoms with Crippen molar-refractivity contribution in [3.63, 3.8) is 0 Å². The van der Waals surface area contributed by atoms with Gasteiger partial charge in [-0.25, -0.2) is 8.42 Å². The number of aldehydes is 1. The molecule has 2 aromatic carbocycles. The summed E-state index contributed by atoms with van der Waals surface area (Å²) in [5.74, 6) is 0.787. The second-order valence-corrected chi connectivity index (χ2v) is 7.65. The quantitative estimate of drug-likeness (QED) is 0.763. The van der Waals surface area contributed by atoms with Crippen molar-refractivity contribution in [2.45, 2.75) is 4.90 Å². The number of sulfonamides is 1. The number of benzene rings is 2. The summed E-state index contributed by atoms with van der Waals surface area (Å²) in [6.07, 6.45) is 0.584. The van der Waals surface area contributed by atoms with Crippen molar-refractivity contribution < 1.29 is 17.9 Å². The van der Waals surface area contributed by atoms with E-state index in [0.29, 0.717) is 32.5 Å². The third kappa shape index (κ3) is 3.52. The highest BCUT2D eigenvalue weighted by Crippen LogP contribution is 2.24. The first-order chi connectivity index (χ1) is 12.1. The summed E-state index contributed by atoms with van der Waals surface area (Å²) in [5.41, 5.74) is 1.23. The SMILES string of the molecule is COc1ccc(N2CCN(S(=O)(=O)c3ccccc3C=O)CC2)cc1. The first-order valence-electron chi connectivity index (χ1n) is 7.99. The monoisotopic (exact) mass is 360 g/mol. The van der Waals surface area contributed by atoms with Gasteiger partial charge >= 0.3 is 0 Å². The topological polar surface area (TPSA) is 66.9 Å². The number of piperazine rings is 1. The zero-order valence-electron chi connectivity index (χ0n) is 14.0. The van der Waals surface area contributed by atoms with Crippen molar-refractivity contribution in [3.8, 4) is 5.75 Å². The molecule has 1 aliphatic rings. The summed E-state index contributed by atoms with van der Waals surface area (Å²) in [6.45, 7) is 1.94. The minimum Gasteiger partial charge on any atom is -0.497 e. The lowest BCUT2D eigenvalue weighted by atomic mass is 10.2. The Kier molecular flexibility index (Phi) is 5.06. The van der Waals surface area contributed by atoms with Crippen molar-refractivity contribution in [1.29, 1.82) is 0 Å². The first kappa shape index (κ1) is 17.4. The van der Waals surface area contributed by atoms with Crippen LogP contribution in [0.15, 0.2) is 53.4 Å². The molecule has 1 saturated heterocycles. The molecular weight excluding hydrogens is 340 g/mol. The Morgan fingerprint density at radius 1 is 0.960 bits per heavy atom. The molecule has 1 heterocycles. The summed E-state index contributed by atoms with van der Waals surface area (Å²) in [6, 6.07) is 14.0. The van der Waals surface area contributed by atoms with Crippen LogP contribution < -0.4 is 9.64 Å². The summed E-state index contributed by atoms with van der Waals surface area (Å²) >= 11 is 0. The molecule has 0 unspecified atom stereocenters. The van der Waals surface area contributed by atoms with E-state index in [0.717, 1.165) is 11.4 Å². The Labute approximate surface area is 147 Å². The lowest BCUT2D eigenvalue weighted by Crippen LogP contribution is -2.48. The predicted octanol–water partition coefficient (Wildman–Crippen LogP) is 2.02. The van der Waals surface area contributed by atoms with Crippen LogP contribution >= 0.6 is 0 Å². The van der Waals surface area contributed by atoms with E-state index in [-0.39, 0.29) is 10.5 Å². The minimum absolute atomic E-state index is 0.0721. The highest BCUT2D eigenvalue weighted by atomic mass is 32.2. The molecule has 6 nitrogen and oxygen atoms in total. The third-order valence-corrected chi connectivity index (χ3v) is 6.31. The average Bonchev–Trinajstić information content (AvgIpc) is 2.68. The molecular formula is C18H20N2O4S. The third-order valence-electron chi connectivity index (χ3n) is 4.34. The van der Waals surface area contributed by atoms with Crippen molar-refractivity contribution >= 4 is 22.0 Å². The summed E-state index contributed by atoms with van der Waals surface area (Å²) in [4.78, 5) is 13.4. The number of methoxy groups -OCH3 is 1. The first-order valence-corrected chi connectivity index (χ1v) is 9.43. The van der Waals surface area contributed by atoms with Crippen molar-refractivity contribution in [3.05, 3.63) is 54.1 Å². The maximum atomic E-state index is 12.8. The average molecular weight is 360 g/mol. The molecule has 25 heavy (non-hydrogen) atoms. The number of hydrogen-bond donors (Lipinski definition) is 0. The van der Waals surface area contributed by atoms with Crippen LogP contribution in [0.3, 0.4) is 0 Å². The van der Waals surface area contributed by atoms with E-state index in [4.69, 9.17) is 4.74 Å². The fourth-order valence-electron chi connectivity index (χ4n) is 2.93. The van der Waals surface area contributed by atoms with Crippen LogP contribution in [0.5, 0.6) is 5.75 Å². The van der Waals surface area contributed by atoms with Gasteiger partial charge < -0.3 is 9.64 Å². The largest absolute Gasteiger partial charge is 0.497 e. The molecule has 0 aliphatic carbocycles. The van der Waals surface area contributed by atoms with Crippen LogP contribution in [0, 0.1) is 0 Å². The Morgan fingerprint density at radius 3 is 2.20 bits per heavy atom. The van der Waals surface area contributed by atoms with Crippen LogP contribution in [0.2, 0.25) is 0 Å². The Bertz CT molecular complexity index is 842. The lowest BCUT2D eigenvalue weighted by molar-refractivity contribution is 0.112. The van der Waals surface area contributed by atoms with E-state index in [1.54, 1.807) is 19.2 Å². The van der Waals surface area contributed by atoms with E-state index in [9.17, 15) is 13.2 Å². The molecule has 0 radical (unpaired) electrons. The van der Waals surface area contributed by atoms with Crippen molar-refractivity contribution in [2.75, 3.05) is 38.2 Å². The number of hydrogen-bond acceptors (Lipinski definition) is 5. The summed E-state index contributed by atoms with van der Waals surface area (Å²) in [5, 5.41) is 0. The lowest BCUT2D eigenvalue weighted by Gasteiger charge is -2.35. The molecule has 1 fully saturated rings. The molecule has 2 aromatic rings. The van der Waals surface area contributed by atoms with E-state index in [1.165, 1.54) is 16.4 Å². The predicted molar refractivity (Wildman–Crippen MR) is 95.8 cm³/mol. The molecule has 1 aliphatic heterocycles. The zero-order chi connectivity index (χ0) is 17.9. The number of rotatable bonds is 5. The molecule has 3 rings (SSSR count). The van der Waals surface area contributed by atoms with Gasteiger partial charge in [-0.05, 0) is 30.3 Å². The van der Waals surface area contributed by atoms with Gasteiger partial charge in [-0.3, -0.25) is 4.79 Å². The van der Waals surface area contributed by atoms with Gasteiger partial charge in [0.1, 0.15) is 5.75 Å². The van der Waals surface area contributed by atoms with E-state index in [2.05, 4.69) is 4.90 Å². The van der Waals surface area contributed by atoms with Crippen LogP contribution in [0.1, 0.15) is 10.4 Å². The fourth-order valence-corrected chi connectivity index (χ4v) is 4.52. The molecule has 132 valence electrons. The van der Waals surface area contributed by atoms with Gasteiger partial charge in [0, 0.05) is 37.4 Å². The van der Waals surface area contributed by atoms with Crippen molar-refractivity contribution in [1.82, 2.24) is 4.31 Å². The van der Waals surface area contributed by atoms with Crippen LogP contribution in [0.4, 0.5) is 5.69 Å². The Hall–Kier alpha value is -2.38. The molecule has 0 saturated carbocycles. The number of ether oxygens (including phenoxy) is 1. The highest BCUT2D eigenvalue weighted by Gasteiger charge is 2.30. The normalized spacial score (nSPS) is 15.8. The Morgan fingerprint density at radius 2 is 1.60 bits per heavy atom. The molecule has 7 heteroatoms. The number of anilines is 1. The van der Waals surface area contributed by atoms with Crippen LogP contribution in [-0.4, -0.2) is 52.3 Å². The standard InChI is InChI=1S/C18H20N2O4S/c1-24-17-8-6-16(7-9-17)19-10-12-20(13-11-19)25(22,23)18-5-3-2-4-15(18)14-21/h2-9,14H,10-13H2,1H3. The van der Waals surface area contributed by atoms with E-state index in [1.807, 2.05) is 24.3 Å². The molecule has 0 atom stereocenters. The number of carbonyl (C=O) groups excluding carboxylic acids is 1. The molecule has 0 bridgehead atoms. The van der Waals surface area contributed by atoms with Gasteiger partial charge in [-0.15, -0.1) is 0 Å². The van der Waals surface area contributed by atoms with Gasteiger partial charge in [0.2, 0.25) is 10.0 Å². The molecule has 0 N–H and O–H groups in total. The molecule has 0 spiro atoms. The molecule has 0 aromatic heterocycles. The van der Waals surface area contributed by atoms with E-state index < -0.39 is 10.0 Å². The Balaban J connectivity index is 1.73. The van der Waals surface area contributed by atoms with Gasteiger partial charge in [0.05, 0.1) is 12.0 Å². The number of carbonyl (C=O) groups is 1.